The average molecular weight is 347 g/mol. The van der Waals surface area contributed by atoms with Crippen LogP contribution in [0.15, 0.2) is 55.0 Å². The summed E-state index contributed by atoms with van der Waals surface area (Å²) in [4.78, 5) is 27.3. The number of nitrogens with one attached hydrogen (secondary N) is 2. The first-order chi connectivity index (χ1) is 12.6. The number of amides is 1. The number of carbonyl (C=O) groups is 1. The van der Waals surface area contributed by atoms with Crippen LogP contribution in [-0.2, 0) is 4.79 Å². The minimum absolute atomic E-state index is 0.208. The Morgan fingerprint density at radius 2 is 2.00 bits per heavy atom. The van der Waals surface area contributed by atoms with Crippen molar-refractivity contribution in [3.63, 3.8) is 0 Å². The van der Waals surface area contributed by atoms with Crippen LogP contribution in [0.4, 0.5) is 10.2 Å². The van der Waals surface area contributed by atoms with Crippen LogP contribution in [0.25, 0.3) is 33.5 Å². The highest BCUT2D eigenvalue weighted by Crippen LogP contribution is 2.36. The van der Waals surface area contributed by atoms with Gasteiger partial charge < -0.3 is 10.3 Å². The molecule has 0 spiro atoms. The molecule has 0 aliphatic rings. The van der Waals surface area contributed by atoms with E-state index in [9.17, 15) is 9.18 Å². The number of aromatic nitrogens is 4. The Bertz CT molecular complexity index is 1110. The van der Waals surface area contributed by atoms with E-state index in [1.54, 1.807) is 24.5 Å². The van der Waals surface area contributed by atoms with E-state index in [2.05, 4.69) is 25.3 Å². The highest BCUT2D eigenvalue weighted by molar-refractivity contribution is 6.01. The molecule has 0 aliphatic heterocycles. The van der Waals surface area contributed by atoms with Gasteiger partial charge in [-0.1, -0.05) is 6.07 Å². The second-order valence-electron chi connectivity index (χ2n) is 5.75. The SMILES string of the molecule is CC(=O)Nc1cc(-c2[nH]c3cc(F)cnc3c2-c2ccccn2)ccn1. The predicted molar refractivity (Wildman–Crippen MR) is 96.8 cm³/mol. The van der Waals surface area contributed by atoms with Gasteiger partial charge in [-0.25, -0.2) is 9.37 Å². The van der Waals surface area contributed by atoms with Gasteiger partial charge in [-0.15, -0.1) is 0 Å². The number of nitrogens with zero attached hydrogens (tertiary/aromatic N) is 3. The van der Waals surface area contributed by atoms with Gasteiger partial charge in [0.05, 0.1) is 34.2 Å². The van der Waals surface area contributed by atoms with Crippen LogP contribution in [0.1, 0.15) is 6.92 Å². The number of aromatic amines is 1. The summed E-state index contributed by atoms with van der Waals surface area (Å²) in [5.41, 5.74) is 4.18. The van der Waals surface area contributed by atoms with Crippen molar-refractivity contribution in [3.05, 3.63) is 60.8 Å². The quantitative estimate of drug-likeness (QED) is 0.591. The molecule has 26 heavy (non-hydrogen) atoms. The van der Waals surface area contributed by atoms with Gasteiger partial charge in [-0.3, -0.25) is 14.8 Å². The first kappa shape index (κ1) is 15.9. The molecule has 0 atom stereocenters. The Kier molecular flexibility index (Phi) is 3.89. The fourth-order valence-corrected chi connectivity index (χ4v) is 2.86. The van der Waals surface area contributed by atoms with E-state index in [0.717, 1.165) is 16.8 Å². The third-order valence-corrected chi connectivity index (χ3v) is 3.87. The van der Waals surface area contributed by atoms with Crippen molar-refractivity contribution in [2.24, 2.45) is 0 Å². The van der Waals surface area contributed by atoms with Gasteiger partial charge in [0.2, 0.25) is 5.91 Å². The van der Waals surface area contributed by atoms with Crippen molar-refractivity contribution >= 4 is 22.8 Å². The maximum atomic E-state index is 13.6. The van der Waals surface area contributed by atoms with Gasteiger partial charge in [0.1, 0.15) is 11.6 Å². The summed E-state index contributed by atoms with van der Waals surface area (Å²) in [6.45, 7) is 1.42. The van der Waals surface area contributed by atoms with Crippen molar-refractivity contribution in [1.29, 1.82) is 0 Å². The Morgan fingerprint density at radius 3 is 2.77 bits per heavy atom. The molecular weight excluding hydrogens is 333 g/mol. The zero-order valence-corrected chi connectivity index (χ0v) is 13.8. The molecule has 6 nitrogen and oxygen atoms in total. The Morgan fingerprint density at radius 1 is 1.12 bits per heavy atom. The molecule has 0 aromatic carbocycles. The largest absolute Gasteiger partial charge is 0.353 e. The topological polar surface area (TPSA) is 83.6 Å². The lowest BCUT2D eigenvalue weighted by Gasteiger charge is -2.06. The van der Waals surface area contributed by atoms with Gasteiger partial charge in [-0.05, 0) is 24.3 Å². The summed E-state index contributed by atoms with van der Waals surface area (Å²) in [6, 6.07) is 10.5. The van der Waals surface area contributed by atoms with Crippen LogP contribution in [0.3, 0.4) is 0 Å². The zero-order chi connectivity index (χ0) is 18.1. The number of H-pyrrole nitrogens is 1. The van der Waals surface area contributed by atoms with Crippen LogP contribution in [0.2, 0.25) is 0 Å². The normalized spacial score (nSPS) is 10.8. The number of pyridine rings is 3. The zero-order valence-electron chi connectivity index (χ0n) is 13.8. The maximum absolute atomic E-state index is 13.6. The fourth-order valence-electron chi connectivity index (χ4n) is 2.86. The molecule has 2 N–H and O–H groups in total. The molecule has 4 aromatic rings. The Labute approximate surface area is 148 Å². The molecule has 0 saturated heterocycles. The molecule has 4 rings (SSSR count). The van der Waals surface area contributed by atoms with E-state index < -0.39 is 5.82 Å². The second-order valence-corrected chi connectivity index (χ2v) is 5.75. The Balaban J connectivity index is 1.96. The van der Waals surface area contributed by atoms with Gasteiger partial charge in [0.25, 0.3) is 0 Å². The summed E-state index contributed by atoms with van der Waals surface area (Å²) in [7, 11) is 0. The minimum atomic E-state index is -0.425. The van der Waals surface area contributed by atoms with Gasteiger partial charge >= 0.3 is 0 Å². The Hall–Kier alpha value is -3.61. The van der Waals surface area contributed by atoms with Crippen LogP contribution in [0.5, 0.6) is 0 Å². The number of carbonyl (C=O) groups excluding carboxylic acids is 1. The molecule has 128 valence electrons. The summed E-state index contributed by atoms with van der Waals surface area (Å²) in [5, 5.41) is 2.66. The van der Waals surface area contributed by atoms with Crippen LogP contribution in [0, 0.1) is 5.82 Å². The van der Waals surface area contributed by atoms with Crippen molar-refractivity contribution in [1.82, 2.24) is 19.9 Å². The third kappa shape index (κ3) is 2.90. The molecule has 4 aromatic heterocycles. The molecule has 0 aliphatic carbocycles. The van der Waals surface area contributed by atoms with E-state index in [4.69, 9.17) is 0 Å². The highest BCUT2D eigenvalue weighted by Gasteiger charge is 2.18. The molecule has 7 heteroatoms. The second kappa shape index (κ2) is 6.36. The van der Waals surface area contributed by atoms with E-state index in [1.165, 1.54) is 19.2 Å². The molecule has 0 fully saturated rings. The van der Waals surface area contributed by atoms with E-state index in [0.29, 0.717) is 22.5 Å². The molecular formula is C19H14FN5O. The van der Waals surface area contributed by atoms with Gasteiger partial charge in [-0.2, -0.15) is 0 Å². The third-order valence-electron chi connectivity index (χ3n) is 3.87. The summed E-state index contributed by atoms with van der Waals surface area (Å²) in [5.74, 6) is -0.203. The molecule has 4 heterocycles. The minimum Gasteiger partial charge on any atom is -0.353 e. The van der Waals surface area contributed by atoms with Crippen LogP contribution in [-0.4, -0.2) is 25.8 Å². The monoisotopic (exact) mass is 347 g/mol. The molecule has 0 unspecified atom stereocenters. The highest BCUT2D eigenvalue weighted by atomic mass is 19.1. The maximum Gasteiger partial charge on any atom is 0.222 e. The lowest BCUT2D eigenvalue weighted by atomic mass is 10.0. The van der Waals surface area contributed by atoms with Crippen molar-refractivity contribution in [2.45, 2.75) is 6.92 Å². The lowest BCUT2D eigenvalue weighted by molar-refractivity contribution is -0.114. The van der Waals surface area contributed by atoms with Crippen molar-refractivity contribution in [2.75, 3.05) is 5.32 Å². The standard InChI is InChI=1S/C19H14FN5O/c1-11(26)24-16-8-12(5-7-22-16)18-17(14-4-2-3-6-21-14)19-15(25-18)9-13(20)10-23-19/h2-10,25H,1H3,(H,22,24,26). The number of halogens is 1. The first-order valence-electron chi connectivity index (χ1n) is 7.94. The smallest absolute Gasteiger partial charge is 0.222 e. The first-order valence-corrected chi connectivity index (χ1v) is 7.94. The number of rotatable bonds is 3. The van der Waals surface area contributed by atoms with Gasteiger partial charge in [0.15, 0.2) is 0 Å². The molecule has 0 radical (unpaired) electrons. The fraction of sp³-hybridized carbons (Fsp3) is 0.0526. The van der Waals surface area contributed by atoms with E-state index >= 15 is 0 Å². The summed E-state index contributed by atoms with van der Waals surface area (Å²) in [6.07, 6.45) is 4.47. The number of hydrogen-bond donors (Lipinski definition) is 2. The number of fused-ring (bicyclic) bond motifs is 1. The number of hydrogen-bond acceptors (Lipinski definition) is 4. The summed E-state index contributed by atoms with van der Waals surface area (Å²) < 4.78 is 13.6. The van der Waals surface area contributed by atoms with E-state index in [1.807, 2.05) is 18.2 Å². The lowest BCUT2D eigenvalue weighted by Crippen LogP contribution is -2.07. The summed E-state index contributed by atoms with van der Waals surface area (Å²) >= 11 is 0. The van der Waals surface area contributed by atoms with Gasteiger partial charge in [0, 0.05) is 30.9 Å². The average Bonchev–Trinajstić information content (AvgIpc) is 3.00. The molecule has 1 amide bonds. The number of anilines is 1. The van der Waals surface area contributed by atoms with Crippen molar-refractivity contribution in [3.8, 4) is 22.5 Å². The van der Waals surface area contributed by atoms with Crippen LogP contribution >= 0.6 is 0 Å². The molecule has 0 bridgehead atoms. The van der Waals surface area contributed by atoms with Crippen LogP contribution < -0.4 is 5.32 Å². The predicted octanol–water partition coefficient (Wildman–Crippen LogP) is 3.78. The van der Waals surface area contributed by atoms with Crippen molar-refractivity contribution < 1.29 is 9.18 Å². The van der Waals surface area contributed by atoms with E-state index in [-0.39, 0.29) is 5.91 Å². The molecule has 0 saturated carbocycles.